The first-order valence-electron chi connectivity index (χ1n) is 14.8. The summed E-state index contributed by atoms with van der Waals surface area (Å²) < 4.78 is 39.5. The Morgan fingerprint density at radius 3 is 2.00 bits per heavy atom. The molecule has 0 aliphatic heterocycles. The maximum atomic E-state index is 13.1. The standard InChI is InChI=1S/C39H25FO3S/c40-44(41,42)43-28-17-20-30-27(22-28)14-13-26-21-24(15-18-29(26)30)25-16-19-34-33-9-3-6-12-37(33)39(38(34)23-25)35-10-4-1-7-31(35)32-8-2-5-11-36(32)39/h1,3-4,6-23H,2,5H2. The molecular weight excluding hydrogens is 567 g/mol. The van der Waals surface area contributed by atoms with Crippen molar-refractivity contribution in [1.29, 1.82) is 0 Å². The highest BCUT2D eigenvalue weighted by molar-refractivity contribution is 7.81. The van der Waals surface area contributed by atoms with Crippen molar-refractivity contribution in [2.75, 3.05) is 0 Å². The zero-order valence-electron chi connectivity index (χ0n) is 23.5. The van der Waals surface area contributed by atoms with E-state index in [-0.39, 0.29) is 11.2 Å². The van der Waals surface area contributed by atoms with Crippen molar-refractivity contribution in [3.63, 3.8) is 0 Å². The van der Waals surface area contributed by atoms with Gasteiger partial charge in [0, 0.05) is 0 Å². The highest BCUT2D eigenvalue weighted by Crippen LogP contribution is 2.64. The second-order valence-electron chi connectivity index (χ2n) is 11.8. The molecule has 9 rings (SSSR count). The van der Waals surface area contributed by atoms with Gasteiger partial charge in [0.05, 0.1) is 5.41 Å². The average molecular weight is 593 g/mol. The average Bonchev–Trinajstić information content (AvgIpc) is 3.51. The predicted octanol–water partition coefficient (Wildman–Crippen LogP) is 9.69. The molecule has 1 spiro atoms. The molecule has 0 saturated heterocycles. The van der Waals surface area contributed by atoms with Crippen LogP contribution in [0.2, 0.25) is 0 Å². The molecule has 0 aromatic heterocycles. The molecule has 0 N–H and O–H groups in total. The Labute approximate surface area is 255 Å². The van der Waals surface area contributed by atoms with E-state index in [4.69, 9.17) is 0 Å². The second kappa shape index (κ2) is 9.01. The topological polar surface area (TPSA) is 43.4 Å². The number of halogens is 1. The zero-order chi connectivity index (χ0) is 29.6. The maximum absolute atomic E-state index is 13.1. The first kappa shape index (κ1) is 25.5. The fourth-order valence-electron chi connectivity index (χ4n) is 7.91. The second-order valence-corrected chi connectivity index (χ2v) is 12.7. The predicted molar refractivity (Wildman–Crippen MR) is 175 cm³/mol. The molecule has 3 aliphatic carbocycles. The summed E-state index contributed by atoms with van der Waals surface area (Å²) in [7, 11) is -5.08. The zero-order valence-corrected chi connectivity index (χ0v) is 24.4. The van der Waals surface area contributed by atoms with Crippen molar-refractivity contribution in [3.8, 4) is 28.0 Å². The van der Waals surface area contributed by atoms with Crippen LogP contribution >= 0.6 is 0 Å². The summed E-state index contributed by atoms with van der Waals surface area (Å²) in [5.74, 6) is -0.0522. The summed E-state index contributed by atoms with van der Waals surface area (Å²) in [6.45, 7) is 0. The van der Waals surface area contributed by atoms with E-state index >= 15 is 0 Å². The first-order chi connectivity index (χ1) is 21.4. The van der Waals surface area contributed by atoms with Gasteiger partial charge in [0.25, 0.3) is 0 Å². The number of benzene rings is 6. The minimum absolute atomic E-state index is 0.0522. The molecule has 0 fully saturated rings. The lowest BCUT2D eigenvalue weighted by Crippen LogP contribution is -2.26. The lowest BCUT2D eigenvalue weighted by molar-refractivity contribution is 0.440. The van der Waals surface area contributed by atoms with Crippen LogP contribution in [0.15, 0.2) is 133 Å². The quantitative estimate of drug-likeness (QED) is 0.152. The fraction of sp³-hybridized carbons (Fsp3) is 0.0769. The van der Waals surface area contributed by atoms with E-state index in [0.29, 0.717) is 0 Å². The van der Waals surface area contributed by atoms with E-state index in [1.807, 2.05) is 12.1 Å². The van der Waals surface area contributed by atoms with E-state index in [1.165, 1.54) is 50.6 Å². The van der Waals surface area contributed by atoms with Crippen LogP contribution in [-0.2, 0) is 15.9 Å². The third kappa shape index (κ3) is 3.50. The Morgan fingerprint density at radius 1 is 0.591 bits per heavy atom. The number of allylic oxidation sites excluding steroid dienone is 4. The fourth-order valence-corrected chi connectivity index (χ4v) is 8.24. The number of hydrogen-bond acceptors (Lipinski definition) is 3. The van der Waals surface area contributed by atoms with Crippen LogP contribution < -0.4 is 4.18 Å². The minimum atomic E-state index is -5.08. The van der Waals surface area contributed by atoms with Crippen LogP contribution in [0.25, 0.3) is 49.4 Å². The van der Waals surface area contributed by atoms with Crippen molar-refractivity contribution < 1.29 is 16.5 Å². The third-order valence-electron chi connectivity index (χ3n) is 9.56. The molecule has 0 bridgehead atoms. The van der Waals surface area contributed by atoms with Gasteiger partial charge in [0.2, 0.25) is 0 Å². The van der Waals surface area contributed by atoms with Crippen LogP contribution in [0.5, 0.6) is 5.75 Å². The van der Waals surface area contributed by atoms with E-state index < -0.39 is 10.5 Å². The molecule has 0 heterocycles. The van der Waals surface area contributed by atoms with E-state index in [0.717, 1.165) is 45.5 Å². The van der Waals surface area contributed by atoms with Gasteiger partial charge in [0.15, 0.2) is 0 Å². The number of fused-ring (bicyclic) bond motifs is 13. The summed E-state index contributed by atoms with van der Waals surface area (Å²) in [4.78, 5) is 0. The molecule has 3 nitrogen and oxygen atoms in total. The van der Waals surface area contributed by atoms with E-state index in [2.05, 4.69) is 101 Å². The van der Waals surface area contributed by atoms with Crippen molar-refractivity contribution in [1.82, 2.24) is 0 Å². The monoisotopic (exact) mass is 592 g/mol. The lowest BCUT2D eigenvalue weighted by Gasteiger charge is -2.32. The van der Waals surface area contributed by atoms with E-state index in [1.54, 1.807) is 12.1 Å². The molecule has 0 amide bonds. The van der Waals surface area contributed by atoms with Gasteiger partial charge in [0.1, 0.15) is 5.75 Å². The van der Waals surface area contributed by atoms with Gasteiger partial charge in [-0.25, -0.2) is 0 Å². The van der Waals surface area contributed by atoms with Crippen LogP contribution in [0.4, 0.5) is 3.89 Å². The van der Waals surface area contributed by atoms with Gasteiger partial charge in [-0.05, 0) is 114 Å². The highest BCUT2D eigenvalue weighted by atomic mass is 32.3. The maximum Gasteiger partial charge on any atom is 0.488 e. The Morgan fingerprint density at radius 2 is 1.20 bits per heavy atom. The summed E-state index contributed by atoms with van der Waals surface area (Å²) in [5.41, 5.74) is 12.7. The van der Waals surface area contributed by atoms with Crippen molar-refractivity contribution in [2.45, 2.75) is 18.3 Å². The van der Waals surface area contributed by atoms with Crippen molar-refractivity contribution in [3.05, 3.63) is 155 Å². The molecule has 1 unspecified atom stereocenters. The van der Waals surface area contributed by atoms with Gasteiger partial charge >= 0.3 is 10.5 Å². The first-order valence-corrected chi connectivity index (χ1v) is 16.1. The highest BCUT2D eigenvalue weighted by Gasteiger charge is 2.53. The summed E-state index contributed by atoms with van der Waals surface area (Å²) in [5, 5.41) is 3.80. The van der Waals surface area contributed by atoms with Crippen LogP contribution in [0.1, 0.15) is 35.1 Å². The number of hydrogen-bond donors (Lipinski definition) is 0. The molecule has 212 valence electrons. The van der Waals surface area contributed by atoms with Gasteiger partial charge < -0.3 is 4.18 Å². The molecule has 0 radical (unpaired) electrons. The Kier molecular flexibility index (Phi) is 5.22. The van der Waals surface area contributed by atoms with Gasteiger partial charge in [-0.1, -0.05) is 107 Å². The third-order valence-corrected chi connectivity index (χ3v) is 9.95. The van der Waals surface area contributed by atoms with Crippen molar-refractivity contribution in [2.24, 2.45) is 0 Å². The van der Waals surface area contributed by atoms with Crippen LogP contribution in [-0.4, -0.2) is 8.42 Å². The van der Waals surface area contributed by atoms with Crippen LogP contribution in [0, 0.1) is 0 Å². The SMILES string of the molecule is O=S(=O)(F)Oc1ccc2c(ccc3cc(-c4ccc5c(c4)C4(C6=CCCC=C6c6ccccc64)c4ccccc4-5)ccc32)c1. The smallest absolute Gasteiger partial charge is 0.358 e. The Hall–Kier alpha value is -5.00. The molecular formula is C39H25FO3S. The molecule has 6 aromatic rings. The lowest BCUT2D eigenvalue weighted by atomic mass is 9.69. The Bertz CT molecular complexity index is 2400. The number of rotatable bonds is 3. The molecule has 44 heavy (non-hydrogen) atoms. The Balaban J connectivity index is 1.22. The minimum Gasteiger partial charge on any atom is -0.358 e. The molecule has 3 aliphatic rings. The van der Waals surface area contributed by atoms with Gasteiger partial charge in [-0.15, -0.1) is 0 Å². The largest absolute Gasteiger partial charge is 0.488 e. The van der Waals surface area contributed by atoms with Crippen molar-refractivity contribution >= 4 is 37.6 Å². The molecule has 1 atom stereocenters. The normalized spacial score (nSPS) is 18.0. The molecule has 6 aromatic carbocycles. The summed E-state index contributed by atoms with van der Waals surface area (Å²) in [6, 6.07) is 39.9. The van der Waals surface area contributed by atoms with Gasteiger partial charge in [-0.2, -0.15) is 8.42 Å². The van der Waals surface area contributed by atoms with Gasteiger partial charge in [-0.3, -0.25) is 0 Å². The molecule has 0 saturated carbocycles. The summed E-state index contributed by atoms with van der Waals surface area (Å²) in [6.07, 6.45) is 7.00. The molecule has 5 heteroatoms. The summed E-state index contributed by atoms with van der Waals surface area (Å²) >= 11 is 0. The van der Waals surface area contributed by atoms with Crippen LogP contribution in [0.3, 0.4) is 0 Å². The van der Waals surface area contributed by atoms with E-state index in [9.17, 15) is 12.3 Å².